The number of nitrogens with one attached hydrogen (secondary N) is 2. The number of hydrogen-bond acceptors (Lipinski definition) is 5. The Balaban J connectivity index is 1.68. The van der Waals surface area contributed by atoms with Gasteiger partial charge < -0.3 is 16.4 Å². The summed E-state index contributed by atoms with van der Waals surface area (Å²) >= 11 is 3.54. The first-order valence-electron chi connectivity index (χ1n) is 8.40. The molecular formula is C19H18BrN5O. The zero-order chi connectivity index (χ0) is 18.1. The van der Waals surface area contributed by atoms with Crippen LogP contribution in [0.2, 0.25) is 0 Å². The van der Waals surface area contributed by atoms with Crippen molar-refractivity contribution >= 4 is 38.6 Å². The number of anilines is 1. The Morgan fingerprint density at radius 1 is 1.19 bits per heavy atom. The van der Waals surface area contributed by atoms with E-state index in [1.54, 1.807) is 12.1 Å². The predicted molar refractivity (Wildman–Crippen MR) is 105 cm³/mol. The Morgan fingerprint density at radius 3 is 2.85 bits per heavy atom. The number of halogens is 1. The predicted octanol–water partition coefficient (Wildman–Crippen LogP) is 2.66. The lowest BCUT2D eigenvalue weighted by Crippen LogP contribution is -2.27. The van der Waals surface area contributed by atoms with E-state index in [1.807, 2.05) is 18.2 Å². The van der Waals surface area contributed by atoms with E-state index < -0.39 is 5.91 Å². The van der Waals surface area contributed by atoms with Crippen molar-refractivity contribution in [3.8, 4) is 0 Å². The summed E-state index contributed by atoms with van der Waals surface area (Å²) in [5, 5.41) is 7.78. The van der Waals surface area contributed by atoms with Gasteiger partial charge in [0.25, 0.3) is 5.91 Å². The average molecular weight is 412 g/mol. The van der Waals surface area contributed by atoms with Gasteiger partial charge in [-0.2, -0.15) is 0 Å². The van der Waals surface area contributed by atoms with Crippen molar-refractivity contribution in [1.82, 2.24) is 15.3 Å². The molecule has 2 atom stereocenters. The Morgan fingerprint density at radius 2 is 2.04 bits per heavy atom. The van der Waals surface area contributed by atoms with Crippen molar-refractivity contribution in [2.45, 2.75) is 12.0 Å². The maximum atomic E-state index is 11.7. The van der Waals surface area contributed by atoms with E-state index >= 15 is 0 Å². The van der Waals surface area contributed by atoms with Crippen molar-refractivity contribution in [1.29, 1.82) is 0 Å². The first kappa shape index (κ1) is 16.9. The fraction of sp³-hybridized carbons (Fsp3) is 0.211. The van der Waals surface area contributed by atoms with Crippen molar-refractivity contribution in [3.05, 3.63) is 64.4 Å². The zero-order valence-electron chi connectivity index (χ0n) is 13.9. The van der Waals surface area contributed by atoms with Crippen LogP contribution in [0.5, 0.6) is 0 Å². The normalized spacial score (nSPS) is 19.6. The molecule has 1 aromatic heterocycles. The molecule has 2 aromatic carbocycles. The largest absolute Gasteiger partial charge is 0.366 e. The molecule has 4 N–H and O–H groups in total. The second kappa shape index (κ2) is 7.01. The van der Waals surface area contributed by atoms with Crippen LogP contribution in [-0.2, 0) is 0 Å². The number of hydrogen-bond donors (Lipinski definition) is 3. The minimum atomic E-state index is -0.491. The number of primary amides is 1. The fourth-order valence-corrected chi connectivity index (χ4v) is 3.91. The Kier molecular flexibility index (Phi) is 4.57. The second-order valence-corrected chi connectivity index (χ2v) is 7.27. The summed E-state index contributed by atoms with van der Waals surface area (Å²) in [7, 11) is 0. The van der Waals surface area contributed by atoms with Gasteiger partial charge in [0.05, 0.1) is 11.1 Å². The van der Waals surface area contributed by atoms with Gasteiger partial charge in [-0.1, -0.05) is 34.1 Å². The van der Waals surface area contributed by atoms with Crippen molar-refractivity contribution in [2.24, 2.45) is 5.73 Å². The molecule has 26 heavy (non-hydrogen) atoms. The number of para-hydroxylation sites is 1. The summed E-state index contributed by atoms with van der Waals surface area (Å²) in [5.74, 6) is 0.540. The van der Waals surface area contributed by atoms with Crippen LogP contribution in [-0.4, -0.2) is 35.0 Å². The molecule has 2 heterocycles. The summed E-state index contributed by atoms with van der Waals surface area (Å²) in [6, 6.07) is 13.9. The molecule has 0 unspecified atom stereocenters. The van der Waals surface area contributed by atoms with Gasteiger partial charge in [0.15, 0.2) is 0 Å². The molecule has 1 aliphatic rings. The van der Waals surface area contributed by atoms with Crippen LogP contribution in [0.15, 0.2) is 53.3 Å². The van der Waals surface area contributed by atoms with E-state index in [0.29, 0.717) is 22.8 Å². The van der Waals surface area contributed by atoms with Crippen LogP contribution >= 0.6 is 15.9 Å². The third-order valence-corrected chi connectivity index (χ3v) is 5.24. The van der Waals surface area contributed by atoms with Crippen molar-refractivity contribution in [3.63, 3.8) is 0 Å². The zero-order valence-corrected chi connectivity index (χ0v) is 15.5. The summed E-state index contributed by atoms with van der Waals surface area (Å²) < 4.78 is 1.07. The Labute approximate surface area is 159 Å². The average Bonchev–Trinajstić information content (AvgIpc) is 3.09. The van der Waals surface area contributed by atoms with E-state index in [1.165, 1.54) is 11.9 Å². The van der Waals surface area contributed by atoms with Gasteiger partial charge in [-0.05, 0) is 29.8 Å². The number of carbonyl (C=O) groups is 1. The molecule has 0 spiro atoms. The molecule has 0 aliphatic carbocycles. The number of benzene rings is 2. The smallest absolute Gasteiger partial charge is 0.250 e. The molecule has 1 aliphatic heterocycles. The molecule has 6 nitrogen and oxygen atoms in total. The maximum Gasteiger partial charge on any atom is 0.250 e. The lowest BCUT2D eigenvalue weighted by atomic mass is 9.94. The van der Waals surface area contributed by atoms with E-state index in [9.17, 15) is 4.79 Å². The summed E-state index contributed by atoms with van der Waals surface area (Å²) in [5.41, 5.74) is 7.71. The maximum absolute atomic E-state index is 11.7. The lowest BCUT2D eigenvalue weighted by molar-refractivity contribution is 0.100. The van der Waals surface area contributed by atoms with E-state index in [0.717, 1.165) is 22.9 Å². The summed E-state index contributed by atoms with van der Waals surface area (Å²) in [4.78, 5) is 20.3. The van der Waals surface area contributed by atoms with E-state index in [4.69, 9.17) is 5.73 Å². The number of carbonyl (C=O) groups excluding carboxylic acids is 1. The number of nitrogens with zero attached hydrogens (tertiary/aromatic N) is 2. The highest BCUT2D eigenvalue weighted by Gasteiger charge is 2.29. The topological polar surface area (TPSA) is 92.9 Å². The molecule has 4 rings (SSSR count). The molecule has 7 heteroatoms. The van der Waals surface area contributed by atoms with Gasteiger partial charge in [-0.3, -0.25) is 4.79 Å². The van der Waals surface area contributed by atoms with Crippen LogP contribution in [0.3, 0.4) is 0 Å². The van der Waals surface area contributed by atoms with Gasteiger partial charge in [-0.25, -0.2) is 9.97 Å². The number of rotatable bonds is 4. The van der Waals surface area contributed by atoms with E-state index in [2.05, 4.69) is 48.7 Å². The van der Waals surface area contributed by atoms with Gasteiger partial charge in [0.2, 0.25) is 0 Å². The van der Waals surface area contributed by atoms with Crippen LogP contribution < -0.4 is 16.4 Å². The van der Waals surface area contributed by atoms with Gasteiger partial charge in [0.1, 0.15) is 12.1 Å². The van der Waals surface area contributed by atoms with Crippen LogP contribution in [0.4, 0.5) is 5.82 Å². The number of fused-ring (bicyclic) bond motifs is 1. The molecule has 1 saturated heterocycles. The highest BCUT2D eigenvalue weighted by molar-refractivity contribution is 9.10. The van der Waals surface area contributed by atoms with E-state index in [-0.39, 0.29) is 6.04 Å². The molecule has 3 aromatic rings. The van der Waals surface area contributed by atoms with Crippen LogP contribution in [0, 0.1) is 0 Å². The first-order valence-corrected chi connectivity index (χ1v) is 9.19. The number of aromatic nitrogens is 2. The third kappa shape index (κ3) is 3.15. The monoisotopic (exact) mass is 411 g/mol. The van der Waals surface area contributed by atoms with Gasteiger partial charge >= 0.3 is 0 Å². The molecule has 132 valence electrons. The highest BCUT2D eigenvalue weighted by atomic mass is 79.9. The highest BCUT2D eigenvalue weighted by Crippen LogP contribution is 2.29. The minimum absolute atomic E-state index is 0.180. The number of nitrogens with two attached hydrogens (primary N) is 1. The summed E-state index contributed by atoms with van der Waals surface area (Å²) in [6.07, 6.45) is 1.47. The number of amides is 1. The van der Waals surface area contributed by atoms with Crippen LogP contribution in [0.1, 0.15) is 21.8 Å². The second-order valence-electron chi connectivity index (χ2n) is 6.36. The fourth-order valence-electron chi connectivity index (χ4n) is 3.49. The van der Waals surface area contributed by atoms with Crippen molar-refractivity contribution < 1.29 is 4.79 Å². The lowest BCUT2D eigenvalue weighted by Gasteiger charge is -2.22. The summed E-state index contributed by atoms with van der Waals surface area (Å²) in [6.45, 7) is 1.72. The van der Waals surface area contributed by atoms with Gasteiger partial charge in [-0.15, -0.1) is 0 Å². The molecular weight excluding hydrogens is 394 g/mol. The minimum Gasteiger partial charge on any atom is -0.366 e. The standard InChI is InChI=1S/C19H18BrN5O/c20-12-4-1-3-11(7-12)15-8-22-9-16(15)25-19-14-6-2-5-13(18(21)26)17(14)23-10-24-19/h1-7,10,15-16,22H,8-9H2,(H2,21,26)(H,23,24,25)/t15-,16+/m1/s1. The quantitative estimate of drug-likeness (QED) is 0.613. The third-order valence-electron chi connectivity index (χ3n) is 4.74. The first-order chi connectivity index (χ1) is 12.6. The molecule has 0 saturated carbocycles. The molecule has 1 amide bonds. The Hall–Kier alpha value is -2.51. The molecule has 0 radical (unpaired) electrons. The van der Waals surface area contributed by atoms with Crippen LogP contribution in [0.25, 0.3) is 10.9 Å². The van der Waals surface area contributed by atoms with Gasteiger partial charge in [0, 0.05) is 34.9 Å². The molecule has 0 bridgehead atoms. The van der Waals surface area contributed by atoms with Crippen molar-refractivity contribution in [2.75, 3.05) is 18.4 Å². The Bertz CT molecular complexity index is 977. The molecule has 1 fully saturated rings. The SMILES string of the molecule is NC(=O)c1cccc2c(N[C@H]3CNC[C@@H]3c3cccc(Br)c3)ncnc12.